The van der Waals surface area contributed by atoms with Gasteiger partial charge in [0.2, 0.25) is 0 Å². The summed E-state index contributed by atoms with van der Waals surface area (Å²) in [6, 6.07) is 0. The molecule has 24 heavy (non-hydrogen) atoms. The number of carbonyl (C=O) groups excluding carboxylic acids is 2. The summed E-state index contributed by atoms with van der Waals surface area (Å²) in [5, 5.41) is 10.2. The number of H-pyrrole nitrogens is 1. The Morgan fingerprint density at radius 2 is 2.12 bits per heavy atom. The lowest BCUT2D eigenvalue weighted by Gasteiger charge is -2.02. The van der Waals surface area contributed by atoms with Crippen LogP contribution < -0.4 is 5.32 Å². The van der Waals surface area contributed by atoms with E-state index in [0.29, 0.717) is 23.2 Å². The molecule has 2 aromatic heterocycles. The van der Waals surface area contributed by atoms with Crippen LogP contribution in [0.2, 0.25) is 0 Å². The quantitative estimate of drug-likeness (QED) is 0.810. The van der Waals surface area contributed by atoms with Crippen molar-refractivity contribution in [3.63, 3.8) is 0 Å². The van der Waals surface area contributed by atoms with E-state index in [-0.39, 0.29) is 11.6 Å². The molecule has 3 rings (SSSR count). The fourth-order valence-corrected chi connectivity index (χ4v) is 3.99. The van der Waals surface area contributed by atoms with Crippen LogP contribution in [0, 0.1) is 5.92 Å². The molecule has 0 atom stereocenters. The minimum atomic E-state index is -0.483. The highest BCUT2D eigenvalue weighted by Crippen LogP contribution is 2.28. The van der Waals surface area contributed by atoms with Gasteiger partial charge in [0.05, 0.1) is 7.11 Å². The largest absolute Gasteiger partial charge is 0.464 e. The standard InChI is InChI=1S/C16H20N4O3S/c1-8(2)7-11-13(15(22)23-3)17-16(24-11)18-14(21)12-9-5-4-6-10(9)19-20-12/h8H,4-7H2,1-3H3,(H,19,20)(H,17,18,21). The summed E-state index contributed by atoms with van der Waals surface area (Å²) in [7, 11) is 1.33. The van der Waals surface area contributed by atoms with Crippen molar-refractivity contribution in [2.24, 2.45) is 5.92 Å². The van der Waals surface area contributed by atoms with Crippen LogP contribution in [0.5, 0.6) is 0 Å². The third kappa shape index (κ3) is 3.19. The SMILES string of the molecule is COC(=O)c1nc(NC(=O)c2n[nH]c3c2CCC3)sc1CC(C)C. The molecule has 0 bridgehead atoms. The number of ether oxygens (including phenoxy) is 1. The number of rotatable bonds is 5. The van der Waals surface area contributed by atoms with Crippen LogP contribution in [0.25, 0.3) is 0 Å². The van der Waals surface area contributed by atoms with Crippen LogP contribution >= 0.6 is 11.3 Å². The zero-order valence-corrected chi connectivity index (χ0v) is 14.7. The van der Waals surface area contributed by atoms with Crippen molar-refractivity contribution in [3.05, 3.63) is 27.5 Å². The van der Waals surface area contributed by atoms with E-state index in [0.717, 1.165) is 35.4 Å². The zero-order chi connectivity index (χ0) is 17.3. The molecule has 1 aliphatic carbocycles. The predicted molar refractivity (Wildman–Crippen MR) is 90.6 cm³/mol. The van der Waals surface area contributed by atoms with Gasteiger partial charge < -0.3 is 4.74 Å². The third-order valence-corrected chi connectivity index (χ3v) is 4.90. The first-order chi connectivity index (χ1) is 11.5. The summed E-state index contributed by atoms with van der Waals surface area (Å²) in [4.78, 5) is 29.4. The molecule has 0 aromatic carbocycles. The predicted octanol–water partition coefficient (Wildman–Crippen LogP) is 2.59. The first-order valence-electron chi connectivity index (χ1n) is 7.95. The maximum atomic E-state index is 12.5. The summed E-state index contributed by atoms with van der Waals surface area (Å²) in [5.74, 6) is -0.411. The Kier molecular flexibility index (Phi) is 4.66. The molecule has 2 N–H and O–H groups in total. The van der Waals surface area contributed by atoms with E-state index in [2.05, 4.69) is 34.3 Å². The van der Waals surface area contributed by atoms with Crippen molar-refractivity contribution >= 4 is 28.3 Å². The van der Waals surface area contributed by atoms with E-state index in [1.165, 1.54) is 18.4 Å². The van der Waals surface area contributed by atoms with E-state index in [1.807, 2.05) is 0 Å². The van der Waals surface area contributed by atoms with Gasteiger partial charge in [0, 0.05) is 16.1 Å². The molecular weight excluding hydrogens is 328 g/mol. The highest BCUT2D eigenvalue weighted by molar-refractivity contribution is 7.16. The number of hydrogen-bond acceptors (Lipinski definition) is 6. The summed E-state index contributed by atoms with van der Waals surface area (Å²) in [6.07, 6.45) is 3.53. The molecule has 0 radical (unpaired) electrons. The lowest BCUT2D eigenvalue weighted by Crippen LogP contribution is -2.14. The highest BCUT2D eigenvalue weighted by Gasteiger charge is 2.25. The number of esters is 1. The fourth-order valence-electron chi connectivity index (χ4n) is 2.83. The average Bonchev–Trinajstić information content (AvgIpc) is 3.20. The van der Waals surface area contributed by atoms with Crippen molar-refractivity contribution in [1.82, 2.24) is 15.2 Å². The Morgan fingerprint density at radius 1 is 1.33 bits per heavy atom. The Hall–Kier alpha value is -2.22. The summed E-state index contributed by atoms with van der Waals surface area (Å²) in [6.45, 7) is 4.12. The van der Waals surface area contributed by atoms with E-state index in [9.17, 15) is 9.59 Å². The number of carbonyl (C=O) groups is 2. The normalized spacial score (nSPS) is 13.2. The maximum Gasteiger partial charge on any atom is 0.357 e. The molecule has 1 aliphatic rings. The van der Waals surface area contributed by atoms with Gasteiger partial charge in [0.1, 0.15) is 0 Å². The molecule has 1 amide bonds. The minimum Gasteiger partial charge on any atom is -0.464 e. The van der Waals surface area contributed by atoms with Crippen LogP contribution in [0.3, 0.4) is 0 Å². The second kappa shape index (κ2) is 6.72. The van der Waals surface area contributed by atoms with Crippen LogP contribution in [0.15, 0.2) is 0 Å². The van der Waals surface area contributed by atoms with Gasteiger partial charge in [-0.05, 0) is 31.6 Å². The van der Waals surface area contributed by atoms with Crippen LogP contribution in [-0.2, 0) is 24.0 Å². The van der Waals surface area contributed by atoms with Gasteiger partial charge in [-0.25, -0.2) is 9.78 Å². The summed E-state index contributed by atoms with van der Waals surface area (Å²) >= 11 is 1.31. The number of anilines is 1. The number of aromatic amines is 1. The number of amides is 1. The Labute approximate surface area is 143 Å². The summed E-state index contributed by atoms with van der Waals surface area (Å²) < 4.78 is 4.78. The molecule has 7 nitrogen and oxygen atoms in total. The topological polar surface area (TPSA) is 97.0 Å². The monoisotopic (exact) mass is 348 g/mol. The first kappa shape index (κ1) is 16.6. The van der Waals surface area contributed by atoms with E-state index >= 15 is 0 Å². The van der Waals surface area contributed by atoms with Crippen molar-refractivity contribution in [1.29, 1.82) is 0 Å². The molecule has 0 aliphatic heterocycles. The van der Waals surface area contributed by atoms with Crippen LogP contribution in [0.1, 0.15) is 57.4 Å². The average molecular weight is 348 g/mol. The lowest BCUT2D eigenvalue weighted by atomic mass is 10.1. The van der Waals surface area contributed by atoms with Gasteiger partial charge in [0.15, 0.2) is 16.5 Å². The number of aryl methyl sites for hydroxylation is 1. The van der Waals surface area contributed by atoms with Gasteiger partial charge in [0.25, 0.3) is 5.91 Å². The smallest absolute Gasteiger partial charge is 0.357 e. The van der Waals surface area contributed by atoms with Gasteiger partial charge in [-0.1, -0.05) is 13.8 Å². The summed E-state index contributed by atoms with van der Waals surface area (Å²) in [5.41, 5.74) is 2.72. The fraction of sp³-hybridized carbons (Fsp3) is 0.500. The molecule has 128 valence electrons. The van der Waals surface area contributed by atoms with Gasteiger partial charge in [-0.3, -0.25) is 15.2 Å². The number of methoxy groups -OCH3 is 1. The van der Waals surface area contributed by atoms with Gasteiger partial charge in [-0.15, -0.1) is 11.3 Å². The van der Waals surface area contributed by atoms with Crippen molar-refractivity contribution in [3.8, 4) is 0 Å². The van der Waals surface area contributed by atoms with Crippen molar-refractivity contribution in [2.75, 3.05) is 12.4 Å². The third-order valence-electron chi connectivity index (χ3n) is 3.91. The Bertz CT molecular complexity index is 778. The van der Waals surface area contributed by atoms with Crippen molar-refractivity contribution < 1.29 is 14.3 Å². The number of nitrogens with one attached hydrogen (secondary N) is 2. The minimum absolute atomic E-state index is 0.277. The first-order valence-corrected chi connectivity index (χ1v) is 8.76. The lowest BCUT2D eigenvalue weighted by molar-refractivity contribution is 0.0593. The van der Waals surface area contributed by atoms with E-state index in [4.69, 9.17) is 4.74 Å². The number of hydrogen-bond donors (Lipinski definition) is 2. The molecular formula is C16H20N4O3S. The maximum absolute atomic E-state index is 12.5. The molecule has 2 aromatic rings. The number of fused-ring (bicyclic) bond motifs is 1. The second-order valence-corrected chi connectivity index (χ2v) is 7.30. The Balaban J connectivity index is 1.82. The molecule has 0 saturated heterocycles. The van der Waals surface area contributed by atoms with E-state index in [1.54, 1.807) is 0 Å². The van der Waals surface area contributed by atoms with Crippen LogP contribution in [0.4, 0.5) is 5.13 Å². The second-order valence-electron chi connectivity index (χ2n) is 6.22. The number of thiazole rings is 1. The van der Waals surface area contributed by atoms with Crippen LogP contribution in [-0.4, -0.2) is 34.2 Å². The molecule has 0 saturated carbocycles. The molecule has 0 fully saturated rings. The zero-order valence-electron chi connectivity index (χ0n) is 13.9. The van der Waals surface area contributed by atoms with Gasteiger partial charge >= 0.3 is 5.97 Å². The molecule has 0 unspecified atom stereocenters. The number of aromatic nitrogens is 3. The molecule has 0 spiro atoms. The molecule has 2 heterocycles. The van der Waals surface area contributed by atoms with E-state index < -0.39 is 5.97 Å². The van der Waals surface area contributed by atoms with Gasteiger partial charge in [-0.2, -0.15) is 5.10 Å². The highest BCUT2D eigenvalue weighted by atomic mass is 32.1. The molecule has 8 heteroatoms. The number of nitrogens with zero attached hydrogens (tertiary/aromatic N) is 2. The Morgan fingerprint density at radius 3 is 2.83 bits per heavy atom. The van der Waals surface area contributed by atoms with Crippen molar-refractivity contribution in [2.45, 2.75) is 39.5 Å².